The zero-order chi connectivity index (χ0) is 11.5. The maximum Gasteiger partial charge on any atom is 0.220 e. The Hall–Kier alpha value is -0.610. The van der Waals surface area contributed by atoms with Gasteiger partial charge in [0.05, 0.1) is 0 Å². The van der Waals surface area contributed by atoms with Gasteiger partial charge < -0.3 is 16.0 Å². The average Bonchev–Trinajstić information content (AvgIpc) is 2.26. The van der Waals surface area contributed by atoms with Crippen LogP contribution >= 0.6 is 0 Å². The van der Waals surface area contributed by atoms with Crippen molar-refractivity contribution < 1.29 is 4.79 Å². The van der Waals surface area contributed by atoms with E-state index in [-0.39, 0.29) is 5.91 Å². The second-order valence-corrected chi connectivity index (χ2v) is 3.62. The lowest BCUT2D eigenvalue weighted by Gasteiger charge is -2.17. The molecule has 0 bridgehead atoms. The minimum atomic E-state index is 0.125. The summed E-state index contributed by atoms with van der Waals surface area (Å²) in [6.45, 7) is 8.90. The van der Waals surface area contributed by atoms with E-state index in [9.17, 15) is 4.79 Å². The normalized spacial score (nSPS) is 10.7. The van der Waals surface area contributed by atoms with Gasteiger partial charge in [-0.25, -0.2) is 0 Å². The van der Waals surface area contributed by atoms with Gasteiger partial charge in [-0.2, -0.15) is 0 Å². The number of hydrogen-bond acceptors (Lipinski definition) is 3. The number of rotatable bonds is 9. The first-order valence-electron chi connectivity index (χ1n) is 5.93. The maximum atomic E-state index is 11.2. The Morgan fingerprint density at radius 2 is 1.93 bits per heavy atom. The lowest BCUT2D eigenvalue weighted by Crippen LogP contribution is -2.30. The van der Waals surface area contributed by atoms with Crippen LogP contribution in [0, 0.1) is 0 Å². The van der Waals surface area contributed by atoms with E-state index in [1.165, 1.54) is 0 Å². The van der Waals surface area contributed by atoms with Gasteiger partial charge in [0, 0.05) is 13.0 Å². The number of carbonyl (C=O) groups excluding carboxylic acids is 1. The SMILES string of the molecule is CCN(CC)CCCNC(=O)CCCN. The summed E-state index contributed by atoms with van der Waals surface area (Å²) in [6, 6.07) is 0. The van der Waals surface area contributed by atoms with Crippen LogP contribution in [0.5, 0.6) is 0 Å². The molecule has 90 valence electrons. The van der Waals surface area contributed by atoms with Crippen LogP contribution < -0.4 is 11.1 Å². The molecule has 0 spiro atoms. The third kappa shape index (κ3) is 8.39. The molecule has 0 radical (unpaired) electrons. The van der Waals surface area contributed by atoms with Crippen LogP contribution in [0.15, 0.2) is 0 Å². The summed E-state index contributed by atoms with van der Waals surface area (Å²) in [7, 11) is 0. The molecule has 4 heteroatoms. The maximum absolute atomic E-state index is 11.2. The van der Waals surface area contributed by atoms with Crippen molar-refractivity contribution in [3.63, 3.8) is 0 Å². The van der Waals surface area contributed by atoms with Crippen LogP contribution in [-0.4, -0.2) is 43.5 Å². The molecule has 0 aliphatic heterocycles. The van der Waals surface area contributed by atoms with Crippen LogP contribution in [0.1, 0.15) is 33.1 Å². The molecule has 3 N–H and O–H groups in total. The zero-order valence-corrected chi connectivity index (χ0v) is 10.1. The Morgan fingerprint density at radius 1 is 1.27 bits per heavy atom. The number of nitrogens with one attached hydrogen (secondary N) is 1. The highest BCUT2D eigenvalue weighted by Gasteiger charge is 2.01. The van der Waals surface area contributed by atoms with Crippen LogP contribution in [0.2, 0.25) is 0 Å². The summed E-state index contributed by atoms with van der Waals surface area (Å²) >= 11 is 0. The highest BCUT2D eigenvalue weighted by atomic mass is 16.1. The molecule has 0 saturated heterocycles. The van der Waals surface area contributed by atoms with Crippen molar-refractivity contribution in [1.29, 1.82) is 0 Å². The molecule has 0 aromatic heterocycles. The molecule has 0 atom stereocenters. The Kier molecular flexibility index (Phi) is 9.52. The standard InChI is InChI=1S/C11H25N3O/c1-3-14(4-2)10-6-9-13-11(15)7-5-8-12/h3-10,12H2,1-2H3,(H,13,15). The predicted octanol–water partition coefficient (Wildman–Crippen LogP) is 0.573. The molecule has 0 heterocycles. The number of hydrogen-bond donors (Lipinski definition) is 2. The lowest BCUT2D eigenvalue weighted by molar-refractivity contribution is -0.121. The van der Waals surface area contributed by atoms with E-state index in [0.29, 0.717) is 13.0 Å². The fourth-order valence-corrected chi connectivity index (χ4v) is 1.42. The molecular weight excluding hydrogens is 190 g/mol. The van der Waals surface area contributed by atoms with E-state index >= 15 is 0 Å². The van der Waals surface area contributed by atoms with Crippen LogP contribution in [0.3, 0.4) is 0 Å². The summed E-state index contributed by atoms with van der Waals surface area (Å²) < 4.78 is 0. The Balaban J connectivity index is 3.33. The van der Waals surface area contributed by atoms with E-state index in [4.69, 9.17) is 5.73 Å². The topological polar surface area (TPSA) is 58.4 Å². The van der Waals surface area contributed by atoms with Gasteiger partial charge in [0.2, 0.25) is 5.91 Å². The molecule has 0 saturated carbocycles. The highest BCUT2D eigenvalue weighted by molar-refractivity contribution is 5.75. The van der Waals surface area contributed by atoms with E-state index in [1.807, 2.05) is 0 Å². The third-order valence-electron chi connectivity index (χ3n) is 2.48. The van der Waals surface area contributed by atoms with Crippen LogP contribution in [0.4, 0.5) is 0 Å². The fourth-order valence-electron chi connectivity index (χ4n) is 1.42. The summed E-state index contributed by atoms with van der Waals surface area (Å²) in [5, 5.41) is 2.90. The van der Waals surface area contributed by atoms with Crippen LogP contribution in [-0.2, 0) is 4.79 Å². The van der Waals surface area contributed by atoms with Crippen molar-refractivity contribution in [1.82, 2.24) is 10.2 Å². The van der Waals surface area contributed by atoms with Gasteiger partial charge in [-0.1, -0.05) is 13.8 Å². The zero-order valence-electron chi connectivity index (χ0n) is 10.1. The minimum Gasteiger partial charge on any atom is -0.356 e. The van der Waals surface area contributed by atoms with Gasteiger partial charge in [-0.05, 0) is 39.0 Å². The molecule has 0 aliphatic rings. The molecule has 0 aliphatic carbocycles. The number of carbonyl (C=O) groups is 1. The monoisotopic (exact) mass is 215 g/mol. The Bertz CT molecular complexity index is 158. The smallest absolute Gasteiger partial charge is 0.220 e. The second kappa shape index (κ2) is 9.93. The first-order valence-corrected chi connectivity index (χ1v) is 5.93. The molecular formula is C11H25N3O. The Morgan fingerprint density at radius 3 is 2.47 bits per heavy atom. The summed E-state index contributed by atoms with van der Waals surface area (Å²) in [5.74, 6) is 0.125. The van der Waals surface area contributed by atoms with Gasteiger partial charge in [-0.3, -0.25) is 4.79 Å². The van der Waals surface area contributed by atoms with E-state index in [2.05, 4.69) is 24.1 Å². The van der Waals surface area contributed by atoms with Crippen molar-refractivity contribution in [2.45, 2.75) is 33.1 Å². The first kappa shape index (κ1) is 14.4. The van der Waals surface area contributed by atoms with Crippen molar-refractivity contribution in [3.05, 3.63) is 0 Å². The second-order valence-electron chi connectivity index (χ2n) is 3.62. The summed E-state index contributed by atoms with van der Waals surface area (Å²) in [4.78, 5) is 13.6. The lowest BCUT2D eigenvalue weighted by atomic mass is 10.3. The third-order valence-corrected chi connectivity index (χ3v) is 2.48. The van der Waals surface area contributed by atoms with Crippen LogP contribution in [0.25, 0.3) is 0 Å². The molecule has 0 fully saturated rings. The number of nitrogens with zero attached hydrogens (tertiary/aromatic N) is 1. The average molecular weight is 215 g/mol. The molecule has 15 heavy (non-hydrogen) atoms. The van der Waals surface area contributed by atoms with Gasteiger partial charge in [0.25, 0.3) is 0 Å². The molecule has 1 amide bonds. The molecule has 0 rings (SSSR count). The van der Waals surface area contributed by atoms with Crippen molar-refractivity contribution in [3.8, 4) is 0 Å². The largest absolute Gasteiger partial charge is 0.356 e. The quantitative estimate of drug-likeness (QED) is 0.553. The molecule has 0 aromatic rings. The molecule has 0 unspecified atom stereocenters. The summed E-state index contributed by atoms with van der Waals surface area (Å²) in [5.41, 5.74) is 5.32. The summed E-state index contributed by atoms with van der Waals surface area (Å²) in [6.07, 6.45) is 2.36. The number of amides is 1. The number of nitrogens with two attached hydrogens (primary N) is 1. The van der Waals surface area contributed by atoms with Gasteiger partial charge in [0.15, 0.2) is 0 Å². The van der Waals surface area contributed by atoms with E-state index in [0.717, 1.165) is 39.0 Å². The van der Waals surface area contributed by atoms with Gasteiger partial charge >= 0.3 is 0 Å². The minimum absolute atomic E-state index is 0.125. The Labute approximate surface area is 93.2 Å². The molecule has 4 nitrogen and oxygen atoms in total. The van der Waals surface area contributed by atoms with Crippen molar-refractivity contribution in [2.24, 2.45) is 5.73 Å². The molecule has 0 aromatic carbocycles. The first-order chi connectivity index (χ1) is 7.24. The predicted molar refractivity (Wildman–Crippen MR) is 63.7 cm³/mol. The highest BCUT2D eigenvalue weighted by Crippen LogP contribution is 1.90. The van der Waals surface area contributed by atoms with Crippen molar-refractivity contribution >= 4 is 5.91 Å². The van der Waals surface area contributed by atoms with Crippen molar-refractivity contribution in [2.75, 3.05) is 32.7 Å². The van der Waals surface area contributed by atoms with E-state index < -0.39 is 0 Å². The van der Waals surface area contributed by atoms with Gasteiger partial charge in [-0.15, -0.1) is 0 Å². The van der Waals surface area contributed by atoms with Gasteiger partial charge in [0.1, 0.15) is 0 Å². The van der Waals surface area contributed by atoms with E-state index in [1.54, 1.807) is 0 Å². The fraction of sp³-hybridized carbons (Fsp3) is 0.909.